The van der Waals surface area contributed by atoms with E-state index in [9.17, 15) is 0 Å². The number of nitrogens with zero attached hydrogens (tertiary/aromatic N) is 2. The zero-order valence-corrected chi connectivity index (χ0v) is 29.0. The van der Waals surface area contributed by atoms with Crippen molar-refractivity contribution in [3.63, 3.8) is 0 Å². The molecule has 10 aromatic rings. The van der Waals surface area contributed by atoms with Gasteiger partial charge in [0.1, 0.15) is 5.58 Å². The number of hydrogen-bond donors (Lipinski definition) is 0. The molecule has 0 aliphatic carbocycles. The topological polar surface area (TPSA) is 19.6 Å². The van der Waals surface area contributed by atoms with Crippen molar-refractivity contribution in [2.24, 2.45) is 0 Å². The molecular formula is C48H32N2OS. The van der Waals surface area contributed by atoms with Gasteiger partial charge in [0.05, 0.1) is 5.69 Å². The Kier molecular flexibility index (Phi) is 7.33. The molecular weight excluding hydrogens is 653 g/mol. The number of furan rings is 1. The molecule has 4 heteroatoms. The van der Waals surface area contributed by atoms with Gasteiger partial charge in [0.2, 0.25) is 0 Å². The van der Waals surface area contributed by atoms with Gasteiger partial charge in [-0.1, -0.05) is 115 Å². The normalized spacial score (nSPS) is 11.5. The molecule has 0 unspecified atom stereocenters. The summed E-state index contributed by atoms with van der Waals surface area (Å²) in [7, 11) is 0. The summed E-state index contributed by atoms with van der Waals surface area (Å²) in [5, 5.41) is 4.73. The second-order valence-electron chi connectivity index (χ2n) is 13.0. The maximum atomic E-state index is 6.80. The highest BCUT2D eigenvalue weighted by molar-refractivity contribution is 7.25. The van der Waals surface area contributed by atoms with Crippen LogP contribution in [0.2, 0.25) is 0 Å². The molecule has 0 spiro atoms. The molecule has 52 heavy (non-hydrogen) atoms. The summed E-state index contributed by atoms with van der Waals surface area (Å²) in [6, 6.07) is 68.9. The van der Waals surface area contributed by atoms with Gasteiger partial charge in [-0.2, -0.15) is 0 Å². The number of rotatable bonds is 7. The first-order valence-corrected chi connectivity index (χ1v) is 18.3. The fraction of sp³-hybridized carbons (Fsp3) is 0. The molecule has 246 valence electrons. The van der Waals surface area contributed by atoms with Crippen molar-refractivity contribution in [2.75, 3.05) is 9.80 Å². The molecule has 2 aromatic heterocycles. The Morgan fingerprint density at radius 1 is 0.346 bits per heavy atom. The van der Waals surface area contributed by atoms with Crippen LogP contribution in [0, 0.1) is 0 Å². The van der Waals surface area contributed by atoms with E-state index in [4.69, 9.17) is 4.42 Å². The minimum atomic E-state index is 0.853. The van der Waals surface area contributed by atoms with E-state index in [1.807, 2.05) is 11.3 Å². The molecule has 0 atom stereocenters. The van der Waals surface area contributed by atoms with Crippen molar-refractivity contribution in [3.8, 4) is 11.1 Å². The zero-order chi connectivity index (χ0) is 34.4. The Bertz CT molecular complexity index is 2840. The summed E-state index contributed by atoms with van der Waals surface area (Å²) in [6.07, 6.45) is 0. The lowest BCUT2D eigenvalue weighted by Gasteiger charge is -2.26. The Labute approximate surface area is 305 Å². The summed E-state index contributed by atoms with van der Waals surface area (Å²) in [5.41, 5.74) is 10.5. The van der Waals surface area contributed by atoms with Gasteiger partial charge in [0.25, 0.3) is 0 Å². The quantitative estimate of drug-likeness (QED) is 0.167. The van der Waals surface area contributed by atoms with Crippen LogP contribution in [0.15, 0.2) is 199 Å². The molecule has 2 heterocycles. The van der Waals surface area contributed by atoms with Crippen molar-refractivity contribution in [3.05, 3.63) is 194 Å². The number of hydrogen-bond acceptors (Lipinski definition) is 4. The van der Waals surface area contributed by atoms with Gasteiger partial charge in [-0.3, -0.25) is 0 Å². The first-order chi connectivity index (χ1) is 25.8. The summed E-state index contributed by atoms with van der Waals surface area (Å²) >= 11 is 1.84. The predicted molar refractivity (Wildman–Crippen MR) is 221 cm³/mol. The van der Waals surface area contributed by atoms with E-state index in [-0.39, 0.29) is 0 Å². The molecule has 3 nitrogen and oxygen atoms in total. The van der Waals surface area contributed by atoms with Gasteiger partial charge in [-0.15, -0.1) is 11.3 Å². The van der Waals surface area contributed by atoms with E-state index in [2.05, 4.69) is 204 Å². The maximum Gasteiger partial charge on any atom is 0.159 e. The number of thiophene rings is 1. The highest BCUT2D eigenvalue weighted by Crippen LogP contribution is 2.45. The second-order valence-corrected chi connectivity index (χ2v) is 14.1. The number of benzene rings is 8. The largest absolute Gasteiger partial charge is 0.454 e. The third kappa shape index (κ3) is 5.20. The van der Waals surface area contributed by atoms with E-state index in [0.29, 0.717) is 0 Å². The zero-order valence-electron chi connectivity index (χ0n) is 28.2. The van der Waals surface area contributed by atoms with Crippen LogP contribution in [0.1, 0.15) is 0 Å². The standard InChI is InChI=1S/C48H32N2OS/c1-4-13-33(14-5-1)34-23-25-37(26-24-34)49(35-15-6-2-7-16-35)38-28-30-45-43(31-38)42-20-12-21-44(48(42)51-45)50(36-17-8-3-9-18-36)39-27-29-41-40-19-10-11-22-46(40)52-47(41)32-39/h1-32H. The summed E-state index contributed by atoms with van der Waals surface area (Å²) in [4.78, 5) is 4.63. The lowest BCUT2D eigenvalue weighted by atomic mass is 10.0. The van der Waals surface area contributed by atoms with Crippen molar-refractivity contribution in [2.45, 2.75) is 0 Å². The number of anilines is 6. The third-order valence-corrected chi connectivity index (χ3v) is 11.0. The van der Waals surface area contributed by atoms with E-state index in [0.717, 1.165) is 56.1 Å². The van der Waals surface area contributed by atoms with Crippen LogP contribution >= 0.6 is 11.3 Å². The minimum absolute atomic E-state index is 0.853. The van der Waals surface area contributed by atoms with Gasteiger partial charge >= 0.3 is 0 Å². The molecule has 8 aromatic carbocycles. The minimum Gasteiger partial charge on any atom is -0.454 e. The lowest BCUT2D eigenvalue weighted by molar-refractivity contribution is 0.669. The van der Waals surface area contributed by atoms with Crippen LogP contribution in [0.25, 0.3) is 53.2 Å². The van der Waals surface area contributed by atoms with E-state index < -0.39 is 0 Å². The molecule has 10 rings (SSSR count). The van der Waals surface area contributed by atoms with Crippen LogP contribution in [0.5, 0.6) is 0 Å². The van der Waals surface area contributed by atoms with Gasteiger partial charge in [0, 0.05) is 59.4 Å². The molecule has 0 N–H and O–H groups in total. The summed E-state index contributed by atoms with van der Waals surface area (Å²) in [6.45, 7) is 0. The van der Waals surface area contributed by atoms with Crippen molar-refractivity contribution >= 4 is 87.6 Å². The second kappa shape index (κ2) is 12.6. The summed E-state index contributed by atoms with van der Waals surface area (Å²) < 4.78 is 9.36. The molecule has 0 amide bonds. The molecule has 0 saturated heterocycles. The highest BCUT2D eigenvalue weighted by Gasteiger charge is 2.21. The van der Waals surface area contributed by atoms with Gasteiger partial charge in [-0.05, 0) is 90.0 Å². The van der Waals surface area contributed by atoms with E-state index >= 15 is 0 Å². The van der Waals surface area contributed by atoms with E-state index in [1.54, 1.807) is 0 Å². The lowest BCUT2D eigenvalue weighted by Crippen LogP contribution is -2.10. The van der Waals surface area contributed by atoms with Gasteiger partial charge < -0.3 is 14.2 Å². The molecule has 0 fully saturated rings. The number of para-hydroxylation sites is 3. The third-order valence-electron chi connectivity index (χ3n) is 9.84. The van der Waals surface area contributed by atoms with Crippen LogP contribution < -0.4 is 9.80 Å². The van der Waals surface area contributed by atoms with Crippen molar-refractivity contribution in [1.29, 1.82) is 0 Å². The van der Waals surface area contributed by atoms with Crippen LogP contribution in [-0.2, 0) is 0 Å². The summed E-state index contributed by atoms with van der Waals surface area (Å²) in [5.74, 6) is 0. The van der Waals surface area contributed by atoms with Crippen molar-refractivity contribution < 1.29 is 4.42 Å². The molecule has 0 aliphatic rings. The molecule has 0 saturated carbocycles. The smallest absolute Gasteiger partial charge is 0.159 e. The Hall–Kier alpha value is -6.62. The monoisotopic (exact) mass is 684 g/mol. The maximum absolute atomic E-state index is 6.80. The van der Waals surface area contributed by atoms with Crippen LogP contribution in [0.4, 0.5) is 34.1 Å². The Balaban J connectivity index is 1.11. The molecule has 0 aliphatic heterocycles. The van der Waals surface area contributed by atoms with Crippen LogP contribution in [0.3, 0.4) is 0 Å². The highest BCUT2D eigenvalue weighted by atomic mass is 32.1. The van der Waals surface area contributed by atoms with Gasteiger partial charge in [-0.25, -0.2) is 0 Å². The van der Waals surface area contributed by atoms with Gasteiger partial charge in [0.15, 0.2) is 5.58 Å². The molecule has 0 radical (unpaired) electrons. The number of fused-ring (bicyclic) bond motifs is 6. The fourth-order valence-corrected chi connectivity index (χ4v) is 8.54. The first-order valence-electron chi connectivity index (χ1n) is 17.5. The fourth-order valence-electron chi connectivity index (χ4n) is 7.40. The molecule has 0 bridgehead atoms. The SMILES string of the molecule is c1ccc(-c2ccc(N(c3ccccc3)c3ccc4oc5c(N(c6ccccc6)c6ccc7c(c6)sc6ccccc67)cccc5c4c3)cc2)cc1. The van der Waals surface area contributed by atoms with E-state index in [1.165, 1.54) is 31.3 Å². The Morgan fingerprint density at radius 2 is 0.904 bits per heavy atom. The first kappa shape index (κ1) is 30.2. The average molecular weight is 685 g/mol. The predicted octanol–water partition coefficient (Wildman–Crippen LogP) is 14.6. The van der Waals surface area contributed by atoms with Crippen LogP contribution in [-0.4, -0.2) is 0 Å². The van der Waals surface area contributed by atoms with Crippen molar-refractivity contribution in [1.82, 2.24) is 0 Å². The Morgan fingerprint density at radius 3 is 1.67 bits per heavy atom. The average Bonchev–Trinajstić information content (AvgIpc) is 3.78.